The summed E-state index contributed by atoms with van der Waals surface area (Å²) in [5, 5.41) is 12.3. The number of aromatic hydroxyl groups is 1. The first kappa shape index (κ1) is 20.5. The highest BCUT2D eigenvalue weighted by molar-refractivity contribution is 5.80. The summed E-state index contributed by atoms with van der Waals surface area (Å²) < 4.78 is 4.57. The molecule has 7 nitrogen and oxygen atoms in total. The Morgan fingerprint density at radius 2 is 1.89 bits per heavy atom. The topological polar surface area (TPSA) is 82.1 Å². The van der Waals surface area contributed by atoms with Gasteiger partial charge >= 0.3 is 12.0 Å². The maximum atomic E-state index is 12.3. The normalized spacial score (nSPS) is 21.4. The van der Waals surface area contributed by atoms with Crippen molar-refractivity contribution in [2.75, 3.05) is 39.8 Å². The van der Waals surface area contributed by atoms with E-state index in [1.165, 1.54) is 12.7 Å². The van der Waals surface area contributed by atoms with Gasteiger partial charge < -0.3 is 20.1 Å². The van der Waals surface area contributed by atoms with Gasteiger partial charge in [0.2, 0.25) is 0 Å². The number of ether oxygens (including phenoxy) is 1. The summed E-state index contributed by atoms with van der Waals surface area (Å²) >= 11 is 0. The molecule has 28 heavy (non-hydrogen) atoms. The molecule has 3 rings (SSSR count). The van der Waals surface area contributed by atoms with Crippen LogP contribution in [-0.4, -0.2) is 66.7 Å². The van der Waals surface area contributed by atoms with Crippen LogP contribution in [0.1, 0.15) is 38.3 Å². The summed E-state index contributed by atoms with van der Waals surface area (Å²) in [5.74, 6) is 0.420. The number of hydrogen-bond donors (Lipinski definition) is 2. The van der Waals surface area contributed by atoms with Gasteiger partial charge in [-0.1, -0.05) is 26.0 Å². The highest BCUT2D eigenvalue weighted by Gasteiger charge is 2.54. The van der Waals surface area contributed by atoms with Crippen LogP contribution in [0.25, 0.3) is 0 Å². The van der Waals surface area contributed by atoms with Crippen LogP contribution in [0.4, 0.5) is 4.79 Å². The van der Waals surface area contributed by atoms with Crippen molar-refractivity contribution in [1.82, 2.24) is 15.1 Å². The Morgan fingerprint density at radius 3 is 2.46 bits per heavy atom. The minimum atomic E-state index is -0.447. The number of phenols is 1. The van der Waals surface area contributed by atoms with Crippen LogP contribution < -0.4 is 5.32 Å². The molecule has 2 saturated heterocycles. The number of urea groups is 1. The van der Waals surface area contributed by atoms with Crippen molar-refractivity contribution in [2.24, 2.45) is 11.3 Å². The standard InChI is InChI=1S/C21H31N3O4/c1-15(2)13-24-14-21(19(24)16-4-6-17(25)7-5-16)8-10-23(11-9-21)20(27)22-12-18(26)28-3/h4-7,15,19,25H,8-14H2,1-3H3,(H,22,27). The Balaban J connectivity index is 1.65. The minimum Gasteiger partial charge on any atom is -0.508 e. The summed E-state index contributed by atoms with van der Waals surface area (Å²) in [7, 11) is 1.31. The number of esters is 1. The average molecular weight is 389 g/mol. The lowest BCUT2D eigenvalue weighted by Crippen LogP contribution is -2.63. The fraction of sp³-hybridized carbons (Fsp3) is 0.619. The maximum Gasteiger partial charge on any atom is 0.325 e. The van der Waals surface area contributed by atoms with Gasteiger partial charge in [-0.15, -0.1) is 0 Å². The zero-order valence-electron chi connectivity index (χ0n) is 17.0. The number of amides is 2. The number of rotatable bonds is 5. The number of benzene rings is 1. The molecule has 1 aromatic rings. The van der Waals surface area contributed by atoms with E-state index in [4.69, 9.17) is 0 Å². The molecule has 1 spiro atoms. The molecule has 7 heteroatoms. The van der Waals surface area contributed by atoms with Crippen molar-refractivity contribution in [3.63, 3.8) is 0 Å². The number of hydrogen-bond acceptors (Lipinski definition) is 5. The van der Waals surface area contributed by atoms with E-state index in [0.717, 1.165) is 25.9 Å². The second-order valence-electron chi connectivity index (χ2n) is 8.40. The molecule has 1 aromatic carbocycles. The van der Waals surface area contributed by atoms with Gasteiger partial charge in [0.25, 0.3) is 0 Å². The smallest absolute Gasteiger partial charge is 0.325 e. The summed E-state index contributed by atoms with van der Waals surface area (Å²) in [6.45, 7) is 7.79. The number of nitrogens with one attached hydrogen (secondary N) is 1. The second kappa shape index (κ2) is 8.39. The van der Waals surface area contributed by atoms with Crippen LogP contribution in [0.5, 0.6) is 5.75 Å². The van der Waals surface area contributed by atoms with E-state index in [-0.39, 0.29) is 23.7 Å². The third-order valence-electron chi connectivity index (χ3n) is 5.93. The first-order valence-corrected chi connectivity index (χ1v) is 9.97. The highest BCUT2D eigenvalue weighted by atomic mass is 16.5. The van der Waals surface area contributed by atoms with Crippen molar-refractivity contribution in [3.05, 3.63) is 29.8 Å². The molecule has 2 fully saturated rings. The van der Waals surface area contributed by atoms with Gasteiger partial charge in [-0.05, 0) is 36.5 Å². The molecule has 154 valence electrons. The molecule has 1 unspecified atom stereocenters. The molecule has 0 aromatic heterocycles. The van der Waals surface area contributed by atoms with Crippen molar-refractivity contribution in [1.29, 1.82) is 0 Å². The van der Waals surface area contributed by atoms with Crippen molar-refractivity contribution >= 4 is 12.0 Å². The van der Waals surface area contributed by atoms with E-state index >= 15 is 0 Å². The number of methoxy groups -OCH3 is 1. The molecular weight excluding hydrogens is 358 g/mol. The molecule has 2 N–H and O–H groups in total. The van der Waals surface area contributed by atoms with Crippen molar-refractivity contribution in [3.8, 4) is 5.75 Å². The number of carbonyl (C=O) groups is 2. The second-order valence-corrected chi connectivity index (χ2v) is 8.40. The molecule has 0 saturated carbocycles. The predicted molar refractivity (Wildman–Crippen MR) is 106 cm³/mol. The SMILES string of the molecule is COC(=O)CNC(=O)N1CCC2(CC1)CN(CC(C)C)C2c1ccc(O)cc1. The van der Waals surface area contributed by atoms with Gasteiger partial charge in [0.05, 0.1) is 7.11 Å². The lowest BCUT2D eigenvalue weighted by Gasteiger charge is -2.61. The van der Waals surface area contributed by atoms with E-state index in [1.54, 1.807) is 17.0 Å². The van der Waals surface area contributed by atoms with E-state index in [1.807, 2.05) is 12.1 Å². The third-order valence-corrected chi connectivity index (χ3v) is 5.93. The van der Waals surface area contributed by atoms with E-state index in [2.05, 4.69) is 28.8 Å². The van der Waals surface area contributed by atoms with Crippen LogP contribution in [0.15, 0.2) is 24.3 Å². The fourth-order valence-corrected chi connectivity index (χ4v) is 4.64. The monoisotopic (exact) mass is 389 g/mol. The summed E-state index contributed by atoms with van der Waals surface area (Å²) in [5.41, 5.74) is 1.39. The molecular formula is C21H31N3O4. The summed E-state index contributed by atoms with van der Waals surface area (Å²) in [6, 6.07) is 7.65. The van der Waals surface area contributed by atoms with Gasteiger partial charge in [-0.25, -0.2) is 4.79 Å². The fourth-order valence-electron chi connectivity index (χ4n) is 4.64. The zero-order chi connectivity index (χ0) is 20.3. The first-order chi connectivity index (χ1) is 13.3. The van der Waals surface area contributed by atoms with E-state index in [9.17, 15) is 14.7 Å². The van der Waals surface area contributed by atoms with Crippen LogP contribution in [0, 0.1) is 11.3 Å². The molecule has 2 amide bonds. The molecule has 0 radical (unpaired) electrons. The molecule has 1 atom stereocenters. The Labute approximate surface area is 166 Å². The quantitative estimate of drug-likeness (QED) is 0.756. The van der Waals surface area contributed by atoms with Gasteiger partial charge in [-0.3, -0.25) is 9.69 Å². The van der Waals surface area contributed by atoms with E-state index < -0.39 is 5.97 Å². The van der Waals surface area contributed by atoms with Gasteiger partial charge in [0.15, 0.2) is 0 Å². The van der Waals surface area contributed by atoms with Crippen LogP contribution in [0.2, 0.25) is 0 Å². The molecule has 2 heterocycles. The lowest BCUT2D eigenvalue weighted by atomic mass is 9.63. The average Bonchev–Trinajstić information content (AvgIpc) is 2.67. The number of piperidine rings is 1. The van der Waals surface area contributed by atoms with Crippen LogP contribution in [-0.2, 0) is 9.53 Å². The summed E-state index contributed by atoms with van der Waals surface area (Å²) in [4.78, 5) is 27.8. The predicted octanol–water partition coefficient (Wildman–Crippen LogP) is 2.37. The van der Waals surface area contributed by atoms with Gasteiger partial charge in [0, 0.05) is 37.6 Å². The minimum absolute atomic E-state index is 0.102. The number of likely N-dealkylation sites (tertiary alicyclic amines) is 2. The lowest BCUT2D eigenvalue weighted by molar-refractivity contribution is -0.139. The van der Waals surface area contributed by atoms with Crippen LogP contribution >= 0.6 is 0 Å². The van der Waals surface area contributed by atoms with Gasteiger partial charge in [-0.2, -0.15) is 0 Å². The van der Waals surface area contributed by atoms with Crippen molar-refractivity contribution < 1.29 is 19.4 Å². The molecule has 2 aliphatic heterocycles. The van der Waals surface area contributed by atoms with Gasteiger partial charge in [0.1, 0.15) is 12.3 Å². The third kappa shape index (κ3) is 4.24. The number of phenolic OH excluding ortho intramolecular Hbond substituents is 1. The highest BCUT2D eigenvalue weighted by Crippen LogP contribution is 2.55. The molecule has 0 aliphatic carbocycles. The largest absolute Gasteiger partial charge is 0.508 e. The first-order valence-electron chi connectivity index (χ1n) is 9.97. The Hall–Kier alpha value is -2.28. The summed E-state index contributed by atoms with van der Waals surface area (Å²) in [6.07, 6.45) is 1.86. The Morgan fingerprint density at radius 1 is 1.25 bits per heavy atom. The molecule has 0 bridgehead atoms. The number of nitrogens with zero attached hydrogens (tertiary/aromatic N) is 2. The maximum absolute atomic E-state index is 12.3. The van der Waals surface area contributed by atoms with Crippen molar-refractivity contribution in [2.45, 2.75) is 32.7 Å². The Bertz CT molecular complexity index is 696. The Kier molecular flexibility index (Phi) is 6.13. The molecule has 2 aliphatic rings. The number of carbonyl (C=O) groups excluding carboxylic acids is 2. The zero-order valence-corrected chi connectivity index (χ0v) is 17.0. The van der Waals surface area contributed by atoms with E-state index in [0.29, 0.717) is 25.0 Å². The van der Waals surface area contributed by atoms with Crippen LogP contribution in [0.3, 0.4) is 0 Å².